The molecule has 0 fully saturated rings. The van der Waals surface area contributed by atoms with Crippen molar-refractivity contribution in [1.29, 1.82) is 0 Å². The van der Waals surface area contributed by atoms with Crippen molar-refractivity contribution in [1.82, 2.24) is 67.7 Å². The highest BCUT2D eigenvalue weighted by molar-refractivity contribution is 5.72. The van der Waals surface area contributed by atoms with Gasteiger partial charge in [0.05, 0.1) is 29.8 Å². The Hall–Kier alpha value is -6.83. The zero-order chi connectivity index (χ0) is 30.5. The van der Waals surface area contributed by atoms with Gasteiger partial charge in [0, 0.05) is 74.4 Å². The first-order valence-electron chi connectivity index (χ1n) is 13.6. The van der Waals surface area contributed by atoms with E-state index in [2.05, 4.69) is 50.0 Å². The molecule has 220 valence electrons. The third kappa shape index (κ3) is 7.52. The molecule has 10 aromatic heterocycles. The maximum absolute atomic E-state index is 4.08. The van der Waals surface area contributed by atoms with Crippen molar-refractivity contribution in [3.05, 3.63) is 154 Å². The Labute approximate surface area is 255 Å². The average molecular weight is 595 g/mol. The highest BCUT2D eigenvalue weighted by Gasteiger charge is 1.90. The van der Waals surface area contributed by atoms with Crippen molar-refractivity contribution in [3.63, 3.8) is 0 Å². The van der Waals surface area contributed by atoms with Gasteiger partial charge in [-0.25, -0.2) is 34.4 Å². The Morgan fingerprint density at radius 1 is 0.489 bits per heavy atom. The average Bonchev–Trinajstić information content (AvgIpc) is 3.95. The van der Waals surface area contributed by atoms with Crippen LogP contribution >= 0.6 is 0 Å². The molecule has 0 saturated carbocycles. The molecule has 0 aliphatic rings. The van der Waals surface area contributed by atoms with E-state index in [9.17, 15) is 0 Å². The molecule has 0 spiro atoms. The molecule has 45 heavy (non-hydrogen) atoms. The van der Waals surface area contributed by atoms with Crippen molar-refractivity contribution in [2.45, 2.75) is 0 Å². The molecule has 0 aromatic carbocycles. The molecule has 0 aliphatic heterocycles. The van der Waals surface area contributed by atoms with Gasteiger partial charge in [0.1, 0.15) is 23.9 Å². The van der Waals surface area contributed by atoms with Crippen molar-refractivity contribution in [2.24, 2.45) is 0 Å². The van der Waals surface area contributed by atoms with Crippen molar-refractivity contribution >= 4 is 33.6 Å². The van der Waals surface area contributed by atoms with Crippen LogP contribution in [0.2, 0.25) is 0 Å². The lowest BCUT2D eigenvalue weighted by molar-refractivity contribution is 0.961. The number of nitrogens with zero attached hydrogens (tertiary/aromatic N) is 13. The molecule has 10 heterocycles. The Morgan fingerprint density at radius 3 is 1.96 bits per heavy atom. The first kappa shape index (κ1) is 28.3. The number of rotatable bonds is 0. The summed E-state index contributed by atoms with van der Waals surface area (Å²) in [7, 11) is 0. The number of H-pyrrole nitrogens is 1. The molecule has 14 nitrogen and oxygen atoms in total. The normalized spacial score (nSPS) is 10.2. The molecule has 0 aliphatic carbocycles. The summed E-state index contributed by atoms with van der Waals surface area (Å²) in [5.74, 6) is 0. The molecule has 10 rings (SSSR count). The van der Waals surface area contributed by atoms with Crippen LogP contribution < -0.4 is 0 Å². The minimum Gasteiger partial charge on any atom is -0.343 e. The molecule has 0 bridgehead atoms. The molecular formula is C31H26N14. The number of aromatic nitrogens is 14. The highest BCUT2D eigenvalue weighted by atomic mass is 15.3. The minimum atomic E-state index is 0.887. The van der Waals surface area contributed by atoms with E-state index in [1.54, 1.807) is 66.7 Å². The molecular weight excluding hydrogens is 568 g/mol. The van der Waals surface area contributed by atoms with E-state index in [-0.39, 0.29) is 0 Å². The van der Waals surface area contributed by atoms with Gasteiger partial charge in [-0.3, -0.25) is 14.4 Å². The lowest BCUT2D eigenvalue weighted by atomic mass is 10.4. The number of hydrogen-bond donors (Lipinski definition) is 1. The Kier molecular flexibility index (Phi) is 9.04. The Bertz CT molecular complexity index is 1790. The smallest absolute Gasteiger partial charge is 0.155 e. The fourth-order valence-corrected chi connectivity index (χ4v) is 3.95. The van der Waals surface area contributed by atoms with Gasteiger partial charge in [-0.05, 0) is 36.4 Å². The number of fused-ring (bicyclic) bond motifs is 5. The Morgan fingerprint density at radius 2 is 1.18 bits per heavy atom. The van der Waals surface area contributed by atoms with E-state index in [4.69, 9.17) is 0 Å². The van der Waals surface area contributed by atoms with Gasteiger partial charge < -0.3 is 13.8 Å². The van der Waals surface area contributed by atoms with Gasteiger partial charge >= 0.3 is 0 Å². The number of aromatic amines is 1. The van der Waals surface area contributed by atoms with Crippen LogP contribution in [0.3, 0.4) is 0 Å². The van der Waals surface area contributed by atoms with Crippen LogP contribution in [0.15, 0.2) is 154 Å². The molecule has 0 atom stereocenters. The summed E-state index contributed by atoms with van der Waals surface area (Å²) in [5, 5.41) is 3.92. The third-order valence-corrected chi connectivity index (χ3v) is 6.11. The second-order valence-corrected chi connectivity index (χ2v) is 8.99. The summed E-state index contributed by atoms with van der Waals surface area (Å²) in [4.78, 5) is 34.8. The van der Waals surface area contributed by atoms with Crippen LogP contribution in [0.1, 0.15) is 0 Å². The summed E-state index contributed by atoms with van der Waals surface area (Å²) in [6.07, 6.45) is 30.2. The van der Waals surface area contributed by atoms with Gasteiger partial charge in [0.2, 0.25) is 0 Å². The zero-order valence-corrected chi connectivity index (χ0v) is 23.7. The number of hydrogen-bond acceptors (Lipinski definition) is 9. The van der Waals surface area contributed by atoms with E-state index < -0.39 is 0 Å². The van der Waals surface area contributed by atoms with Gasteiger partial charge in [-0.15, -0.1) is 0 Å². The van der Waals surface area contributed by atoms with Crippen molar-refractivity contribution in [3.8, 4) is 0 Å². The first-order valence-corrected chi connectivity index (χ1v) is 13.6. The standard InChI is InChI=1S/C7H6N2.4C6H5N3/c1-2-5-9-6-4-8-7(9)3-1;1-3-9-4-2-8-6(9)5-7-1;1-2-7-3-6-5(1)8-4-9-6;1-2-7-5-9-4-3-8-6(1)9;1-2-4-9-6(3-1)7-5-8-9/h1-6H;1-5H;1-4H,(H,8,9);2*1-5H. The lowest BCUT2D eigenvalue weighted by Crippen LogP contribution is -1.82. The monoisotopic (exact) mass is 594 g/mol. The van der Waals surface area contributed by atoms with Gasteiger partial charge in [-0.1, -0.05) is 12.1 Å². The molecule has 0 unspecified atom stereocenters. The second-order valence-electron chi connectivity index (χ2n) is 8.99. The molecule has 14 heteroatoms. The Balaban J connectivity index is 0.0000000992. The van der Waals surface area contributed by atoms with Crippen LogP contribution in [-0.4, -0.2) is 67.7 Å². The van der Waals surface area contributed by atoms with Crippen LogP contribution in [0.4, 0.5) is 0 Å². The summed E-state index contributed by atoms with van der Waals surface area (Å²) in [6, 6.07) is 15.4. The lowest BCUT2D eigenvalue weighted by Gasteiger charge is -1.86. The van der Waals surface area contributed by atoms with Gasteiger partial charge in [0.25, 0.3) is 0 Å². The van der Waals surface area contributed by atoms with E-state index in [1.807, 2.05) is 98.9 Å². The first-order chi connectivity index (χ1) is 22.3. The minimum absolute atomic E-state index is 0.887. The molecule has 10 aromatic rings. The highest BCUT2D eigenvalue weighted by Crippen LogP contribution is 2.03. The fourth-order valence-electron chi connectivity index (χ4n) is 3.95. The quantitative estimate of drug-likeness (QED) is 0.268. The predicted molar refractivity (Wildman–Crippen MR) is 168 cm³/mol. The van der Waals surface area contributed by atoms with Crippen LogP contribution in [-0.2, 0) is 0 Å². The van der Waals surface area contributed by atoms with Crippen molar-refractivity contribution in [2.75, 3.05) is 0 Å². The second kappa shape index (κ2) is 14.4. The van der Waals surface area contributed by atoms with Crippen LogP contribution in [0.5, 0.6) is 0 Å². The summed E-state index contributed by atoms with van der Waals surface area (Å²) in [6.45, 7) is 0. The number of nitrogens with one attached hydrogen (secondary N) is 1. The van der Waals surface area contributed by atoms with E-state index >= 15 is 0 Å². The summed E-state index contributed by atoms with van der Waals surface area (Å²) < 4.78 is 7.47. The summed E-state index contributed by atoms with van der Waals surface area (Å²) in [5.41, 5.74) is 5.65. The molecule has 0 saturated heterocycles. The summed E-state index contributed by atoms with van der Waals surface area (Å²) >= 11 is 0. The van der Waals surface area contributed by atoms with Crippen LogP contribution in [0, 0.1) is 0 Å². The topological polar surface area (TPSA) is 149 Å². The van der Waals surface area contributed by atoms with E-state index in [0.717, 1.165) is 33.6 Å². The third-order valence-electron chi connectivity index (χ3n) is 6.11. The zero-order valence-electron chi connectivity index (χ0n) is 23.7. The maximum Gasteiger partial charge on any atom is 0.155 e. The number of pyridine rings is 3. The molecule has 0 radical (unpaired) electrons. The number of imidazole rings is 4. The van der Waals surface area contributed by atoms with E-state index in [0.29, 0.717) is 0 Å². The molecule has 0 amide bonds. The maximum atomic E-state index is 4.08. The van der Waals surface area contributed by atoms with E-state index in [1.165, 1.54) is 6.33 Å². The molecule has 1 N–H and O–H groups in total. The van der Waals surface area contributed by atoms with Crippen molar-refractivity contribution < 1.29 is 0 Å². The fraction of sp³-hybridized carbons (Fsp3) is 0. The predicted octanol–water partition coefficient (Wildman–Crippen LogP) is 4.48. The largest absolute Gasteiger partial charge is 0.343 e. The van der Waals surface area contributed by atoms with Gasteiger partial charge in [-0.2, -0.15) is 5.10 Å². The van der Waals surface area contributed by atoms with Gasteiger partial charge in [0.15, 0.2) is 11.3 Å². The SMILES string of the molecule is c1cc2nc[nH]c2cn1.c1cc2nccn2cn1.c1ccn2ccnc2c1.c1ccn2ncnc2c1.c1cn2ccnc2cn1. The van der Waals surface area contributed by atoms with Crippen LogP contribution in [0.25, 0.3) is 33.6 Å².